The summed E-state index contributed by atoms with van der Waals surface area (Å²) >= 11 is 0. The van der Waals surface area contributed by atoms with Crippen LogP contribution in [0.25, 0.3) is 5.69 Å². The fourth-order valence-electron chi connectivity index (χ4n) is 1.58. The Kier molecular flexibility index (Phi) is 2.82. The molecule has 0 saturated carbocycles. The lowest BCUT2D eigenvalue weighted by molar-refractivity contribution is 0.0691. The molecule has 0 atom stereocenters. The third-order valence-electron chi connectivity index (χ3n) is 2.45. The van der Waals surface area contributed by atoms with Gasteiger partial charge >= 0.3 is 5.97 Å². The third-order valence-corrected chi connectivity index (χ3v) is 2.45. The zero-order valence-electron chi connectivity index (χ0n) is 9.54. The van der Waals surface area contributed by atoms with E-state index in [2.05, 4.69) is 4.98 Å². The first-order chi connectivity index (χ1) is 8.11. The largest absolute Gasteiger partial charge is 0.497 e. The molecule has 1 N–H and O–H groups in total. The first kappa shape index (κ1) is 11.2. The van der Waals surface area contributed by atoms with E-state index in [9.17, 15) is 4.79 Å². The van der Waals surface area contributed by atoms with Crippen LogP contribution in [0.2, 0.25) is 0 Å². The summed E-state index contributed by atoms with van der Waals surface area (Å²) in [5.41, 5.74) is 0.890. The number of methoxy groups -OCH3 is 1. The molecule has 2 aromatic rings. The number of imidazole rings is 1. The summed E-state index contributed by atoms with van der Waals surface area (Å²) in [6, 6.07) is 7.32. The second-order valence-electron chi connectivity index (χ2n) is 3.55. The van der Waals surface area contributed by atoms with Gasteiger partial charge in [0.15, 0.2) is 5.69 Å². The molecule has 0 radical (unpaired) electrons. The Morgan fingerprint density at radius 2 is 2.00 bits per heavy atom. The number of ether oxygens (including phenoxy) is 1. The molecule has 88 valence electrons. The number of carboxylic acids is 1. The van der Waals surface area contributed by atoms with E-state index in [0.29, 0.717) is 5.82 Å². The number of rotatable bonds is 3. The van der Waals surface area contributed by atoms with Crippen molar-refractivity contribution in [3.63, 3.8) is 0 Å². The van der Waals surface area contributed by atoms with Gasteiger partial charge in [0, 0.05) is 11.9 Å². The van der Waals surface area contributed by atoms with Crippen molar-refractivity contribution in [2.45, 2.75) is 6.92 Å². The van der Waals surface area contributed by atoms with Crippen LogP contribution in [0, 0.1) is 6.92 Å². The molecule has 0 fully saturated rings. The maximum Gasteiger partial charge on any atom is 0.356 e. The van der Waals surface area contributed by atoms with Gasteiger partial charge < -0.3 is 14.4 Å². The minimum Gasteiger partial charge on any atom is -0.497 e. The summed E-state index contributed by atoms with van der Waals surface area (Å²) in [7, 11) is 1.60. The van der Waals surface area contributed by atoms with Gasteiger partial charge in [-0.1, -0.05) is 0 Å². The molecule has 0 aliphatic carbocycles. The highest BCUT2D eigenvalue weighted by atomic mass is 16.5. The average Bonchev–Trinajstić information content (AvgIpc) is 2.72. The van der Waals surface area contributed by atoms with E-state index >= 15 is 0 Å². The van der Waals surface area contributed by atoms with Crippen LogP contribution in [0.15, 0.2) is 30.5 Å². The van der Waals surface area contributed by atoms with Crippen molar-refractivity contribution >= 4 is 5.97 Å². The fraction of sp³-hybridized carbons (Fsp3) is 0.167. The SMILES string of the molecule is COc1ccc(-n2cc(C(=O)O)nc2C)cc1. The van der Waals surface area contributed by atoms with E-state index in [1.807, 2.05) is 24.3 Å². The second kappa shape index (κ2) is 4.29. The van der Waals surface area contributed by atoms with Crippen molar-refractivity contribution in [1.29, 1.82) is 0 Å². The van der Waals surface area contributed by atoms with Crippen LogP contribution in [0.5, 0.6) is 5.75 Å². The van der Waals surface area contributed by atoms with Gasteiger partial charge in [0.05, 0.1) is 7.11 Å². The van der Waals surface area contributed by atoms with Crippen LogP contribution in [-0.4, -0.2) is 27.7 Å². The van der Waals surface area contributed by atoms with Gasteiger partial charge in [-0.15, -0.1) is 0 Å². The zero-order valence-corrected chi connectivity index (χ0v) is 9.54. The van der Waals surface area contributed by atoms with Crippen molar-refractivity contribution in [1.82, 2.24) is 9.55 Å². The number of aryl methyl sites for hydroxylation is 1. The van der Waals surface area contributed by atoms with Crippen molar-refractivity contribution < 1.29 is 14.6 Å². The molecular weight excluding hydrogens is 220 g/mol. The Hall–Kier alpha value is -2.30. The molecule has 0 spiro atoms. The average molecular weight is 232 g/mol. The first-order valence-corrected chi connectivity index (χ1v) is 5.05. The second-order valence-corrected chi connectivity index (χ2v) is 3.55. The minimum absolute atomic E-state index is 0.0401. The molecule has 1 aromatic carbocycles. The zero-order chi connectivity index (χ0) is 12.4. The van der Waals surface area contributed by atoms with E-state index in [1.54, 1.807) is 18.6 Å². The monoisotopic (exact) mass is 232 g/mol. The van der Waals surface area contributed by atoms with Gasteiger partial charge in [0.25, 0.3) is 0 Å². The van der Waals surface area contributed by atoms with Crippen LogP contribution in [0.4, 0.5) is 0 Å². The molecule has 1 heterocycles. The van der Waals surface area contributed by atoms with Gasteiger partial charge in [0.1, 0.15) is 11.6 Å². The fourth-order valence-corrected chi connectivity index (χ4v) is 1.58. The van der Waals surface area contributed by atoms with Crippen molar-refractivity contribution in [3.8, 4) is 11.4 Å². The first-order valence-electron chi connectivity index (χ1n) is 5.05. The Balaban J connectivity index is 2.41. The minimum atomic E-state index is -1.03. The van der Waals surface area contributed by atoms with E-state index in [-0.39, 0.29) is 5.69 Å². The van der Waals surface area contributed by atoms with Gasteiger partial charge in [-0.2, -0.15) is 0 Å². The Labute approximate surface area is 98.3 Å². The maximum atomic E-state index is 10.8. The number of carbonyl (C=O) groups is 1. The van der Waals surface area contributed by atoms with E-state index < -0.39 is 5.97 Å². The standard InChI is InChI=1S/C12H12N2O3/c1-8-13-11(12(15)16)7-14(8)9-3-5-10(17-2)6-4-9/h3-7H,1-2H3,(H,15,16). The molecule has 17 heavy (non-hydrogen) atoms. The number of carboxylic acid groups (broad SMARTS) is 1. The van der Waals surface area contributed by atoms with Gasteiger partial charge in [-0.25, -0.2) is 9.78 Å². The molecule has 5 nitrogen and oxygen atoms in total. The van der Waals surface area contributed by atoms with E-state index in [0.717, 1.165) is 11.4 Å². The predicted octanol–water partition coefficient (Wildman–Crippen LogP) is 1.89. The quantitative estimate of drug-likeness (QED) is 0.877. The highest BCUT2D eigenvalue weighted by molar-refractivity contribution is 5.85. The maximum absolute atomic E-state index is 10.8. The molecule has 0 unspecified atom stereocenters. The normalized spacial score (nSPS) is 10.2. The van der Waals surface area contributed by atoms with Crippen LogP contribution in [0.3, 0.4) is 0 Å². The smallest absolute Gasteiger partial charge is 0.356 e. The summed E-state index contributed by atoms with van der Waals surface area (Å²) in [5, 5.41) is 8.86. The van der Waals surface area contributed by atoms with Crippen LogP contribution in [-0.2, 0) is 0 Å². The van der Waals surface area contributed by atoms with Crippen molar-refractivity contribution in [2.24, 2.45) is 0 Å². The summed E-state index contributed by atoms with van der Waals surface area (Å²) < 4.78 is 6.78. The molecule has 0 bridgehead atoms. The predicted molar refractivity (Wildman–Crippen MR) is 61.8 cm³/mol. The molecule has 1 aromatic heterocycles. The number of aromatic carboxylic acids is 1. The lowest BCUT2D eigenvalue weighted by atomic mass is 10.3. The summed E-state index contributed by atoms with van der Waals surface area (Å²) in [4.78, 5) is 14.8. The summed E-state index contributed by atoms with van der Waals surface area (Å²) in [5.74, 6) is 0.359. The lowest BCUT2D eigenvalue weighted by Crippen LogP contribution is -1.96. The molecule has 0 aliphatic rings. The van der Waals surface area contributed by atoms with E-state index in [4.69, 9.17) is 9.84 Å². The van der Waals surface area contributed by atoms with Crippen LogP contribution < -0.4 is 4.74 Å². The van der Waals surface area contributed by atoms with Crippen molar-refractivity contribution in [2.75, 3.05) is 7.11 Å². The molecule has 5 heteroatoms. The van der Waals surface area contributed by atoms with Crippen LogP contribution in [0.1, 0.15) is 16.3 Å². The number of hydrogen-bond acceptors (Lipinski definition) is 3. The third kappa shape index (κ3) is 2.13. The number of hydrogen-bond donors (Lipinski definition) is 1. The van der Waals surface area contributed by atoms with Gasteiger partial charge in [-0.3, -0.25) is 0 Å². The highest BCUT2D eigenvalue weighted by Gasteiger charge is 2.11. The number of benzene rings is 1. The van der Waals surface area contributed by atoms with Gasteiger partial charge in [0.2, 0.25) is 0 Å². The Morgan fingerprint density at radius 3 is 2.47 bits per heavy atom. The molecule has 0 saturated heterocycles. The number of nitrogens with zero attached hydrogens (tertiary/aromatic N) is 2. The Bertz CT molecular complexity index is 543. The number of aromatic nitrogens is 2. The van der Waals surface area contributed by atoms with E-state index in [1.165, 1.54) is 6.20 Å². The molecule has 0 aliphatic heterocycles. The lowest BCUT2D eigenvalue weighted by Gasteiger charge is -2.05. The van der Waals surface area contributed by atoms with Gasteiger partial charge in [-0.05, 0) is 31.2 Å². The summed E-state index contributed by atoms with van der Waals surface area (Å²) in [6.45, 7) is 1.76. The molecule has 2 rings (SSSR count). The van der Waals surface area contributed by atoms with Crippen LogP contribution >= 0.6 is 0 Å². The van der Waals surface area contributed by atoms with Crippen molar-refractivity contribution in [3.05, 3.63) is 42.0 Å². The molecular formula is C12H12N2O3. The molecule has 0 amide bonds. The topological polar surface area (TPSA) is 64.3 Å². The highest BCUT2D eigenvalue weighted by Crippen LogP contribution is 2.17. The summed E-state index contributed by atoms with van der Waals surface area (Å²) in [6.07, 6.45) is 1.50. The Morgan fingerprint density at radius 1 is 1.35 bits per heavy atom.